The molecule has 0 aromatic heterocycles. The third-order valence-electron chi connectivity index (χ3n) is 23.7. The summed E-state index contributed by atoms with van der Waals surface area (Å²) < 4.78 is 51.4. The van der Waals surface area contributed by atoms with Gasteiger partial charge in [0.05, 0.1) is 38.1 Å². The third-order valence-corrected chi connectivity index (χ3v) is 29.3. The van der Waals surface area contributed by atoms with Crippen LogP contribution in [-0.2, 0) is 38.9 Å². The number of aliphatic carboxylic acids is 1. The van der Waals surface area contributed by atoms with E-state index < -0.39 is 105 Å². The van der Waals surface area contributed by atoms with Gasteiger partial charge in [-0.25, -0.2) is 41.0 Å². The monoisotopic (exact) mass is 1370 g/mol. The smallest absolute Gasteiger partial charge is 0.336 e. The van der Waals surface area contributed by atoms with E-state index in [9.17, 15) is 55.5 Å². The van der Waals surface area contributed by atoms with Crippen molar-refractivity contribution in [3.05, 3.63) is 35.9 Å². The highest BCUT2D eigenvalue weighted by Crippen LogP contribution is 2.66. The van der Waals surface area contributed by atoms with Crippen molar-refractivity contribution in [1.82, 2.24) is 46.8 Å². The van der Waals surface area contributed by atoms with Crippen molar-refractivity contribution in [2.75, 3.05) is 31.1 Å². The Morgan fingerprint density at radius 2 is 0.926 bits per heavy atom. The molecule has 8 fully saturated rings. The SMILES string of the molecule is CC1([C@H](NC(=O)NC2(CS(=O)(=O)C(C)(C)C)CCCCC2)C(=O)N2C[C@H]3[C@@H]([C@H]2C(=O)O)C3(C)C)CCCCC1.CCCN(NC(=O)[C@@H]1[C@@H]2[C@H](CN1C(=O)[C@@H](NC(=O)NC1(CS(=O)(=O)C(C)(C)C)CCCCC1)C1(C)CCCCC1)C2(C)C)C(=O)N[C@@H](C)c1ccccc1.S. The molecule has 6 aliphatic carbocycles. The van der Waals surface area contributed by atoms with Crippen molar-refractivity contribution in [3.8, 4) is 0 Å². The number of carbonyl (C=O) groups is 7. The predicted molar refractivity (Wildman–Crippen MR) is 371 cm³/mol. The number of rotatable bonds is 18. The molecule has 9 amide bonds. The number of urea groups is 3. The molecule has 1 aromatic carbocycles. The van der Waals surface area contributed by atoms with Crippen LogP contribution in [0, 0.1) is 45.3 Å². The zero-order valence-corrected chi connectivity index (χ0v) is 61.7. The minimum absolute atomic E-state index is 0. The first-order valence-electron chi connectivity index (χ1n) is 35.1. The summed E-state index contributed by atoms with van der Waals surface area (Å²) in [5.74, 6) is -2.28. The zero-order valence-electron chi connectivity index (χ0n) is 59.1. The van der Waals surface area contributed by atoms with Crippen LogP contribution in [0.3, 0.4) is 0 Å². The van der Waals surface area contributed by atoms with Gasteiger partial charge in [-0.3, -0.25) is 19.8 Å². The van der Waals surface area contributed by atoms with Gasteiger partial charge in [0.2, 0.25) is 11.8 Å². The number of nitrogens with one attached hydrogen (secondary N) is 6. The van der Waals surface area contributed by atoms with Crippen LogP contribution in [0.2, 0.25) is 0 Å². The maximum absolute atomic E-state index is 15.0. The second-order valence-corrected chi connectivity index (χ2v) is 38.7. The summed E-state index contributed by atoms with van der Waals surface area (Å²) >= 11 is 0. The fourth-order valence-electron chi connectivity index (χ4n) is 17.1. The molecule has 532 valence electrons. The molecule has 0 unspecified atom stereocenters. The Morgan fingerprint density at radius 1 is 0.564 bits per heavy atom. The average molecular weight is 1370 g/mol. The fourth-order valence-corrected chi connectivity index (χ4v) is 20.1. The molecule has 0 bridgehead atoms. The van der Waals surface area contributed by atoms with Gasteiger partial charge in [0.1, 0.15) is 24.2 Å². The number of amides is 9. The Hall–Kier alpha value is -4.84. The molecule has 21 nitrogen and oxygen atoms in total. The molecule has 8 aliphatic rings. The second-order valence-electron chi connectivity index (χ2n) is 33.2. The zero-order chi connectivity index (χ0) is 68.7. The summed E-state index contributed by atoms with van der Waals surface area (Å²) in [5.41, 5.74) is 0.662. The number of piperidine rings is 2. The summed E-state index contributed by atoms with van der Waals surface area (Å²) in [6, 6.07) is 4.29. The molecule has 2 saturated heterocycles. The first kappa shape index (κ1) is 76.5. The molecule has 94 heavy (non-hydrogen) atoms. The molecule has 1 aromatic rings. The lowest BCUT2D eigenvalue weighted by atomic mass is 9.70. The summed E-state index contributed by atoms with van der Waals surface area (Å²) in [5, 5.41) is 26.6. The minimum Gasteiger partial charge on any atom is -0.480 e. The third kappa shape index (κ3) is 16.5. The number of benzene rings is 1. The molecule has 6 saturated carbocycles. The van der Waals surface area contributed by atoms with Crippen molar-refractivity contribution in [2.24, 2.45) is 45.3 Å². The summed E-state index contributed by atoms with van der Waals surface area (Å²) in [7, 11) is -7.06. The van der Waals surface area contributed by atoms with Gasteiger partial charge in [0.25, 0.3) is 5.91 Å². The molecule has 9 rings (SSSR count). The van der Waals surface area contributed by atoms with E-state index in [0.29, 0.717) is 45.2 Å². The Labute approximate surface area is 569 Å². The van der Waals surface area contributed by atoms with Crippen LogP contribution in [0.1, 0.15) is 243 Å². The number of sulfone groups is 2. The van der Waals surface area contributed by atoms with Gasteiger partial charge in [-0.05, 0) is 151 Å². The van der Waals surface area contributed by atoms with Crippen LogP contribution >= 0.6 is 13.5 Å². The summed E-state index contributed by atoms with van der Waals surface area (Å²) in [6.45, 7) is 27.4. The van der Waals surface area contributed by atoms with Gasteiger partial charge >= 0.3 is 24.1 Å². The number of nitrogens with zero attached hydrogens (tertiary/aromatic N) is 3. The van der Waals surface area contributed by atoms with Crippen molar-refractivity contribution in [2.45, 2.75) is 283 Å². The predicted octanol–water partition coefficient (Wildman–Crippen LogP) is 10.5. The molecule has 7 N–H and O–H groups in total. The molecule has 0 spiro atoms. The van der Waals surface area contributed by atoms with Crippen LogP contribution in [0.5, 0.6) is 0 Å². The maximum atomic E-state index is 15.0. The minimum atomic E-state index is -3.56. The Bertz CT molecular complexity index is 3120. The second kappa shape index (κ2) is 28.9. The van der Waals surface area contributed by atoms with Crippen LogP contribution in [0.15, 0.2) is 30.3 Å². The number of carboxylic acid groups (broad SMARTS) is 1. The largest absolute Gasteiger partial charge is 0.480 e. The standard InChI is InChI=1S/C41H66N6O6S.C29H49N3O6S.H2S/c1-9-25-47(37(51)42-28(2)29-19-13-10-14-20-29)45-34(48)32-31-30(39(31,6)7)26-46(32)35(49)33(40(8)21-15-11-16-22-40)43-36(50)44-41(23-17-12-18-24-41)27-54(52,53)38(3,4)5;1-26(2,3)39(37,38)18-29(15-11-8-12-16-29)31-25(36)30-22(28(6)13-9-7-10-14-28)23(33)32-17-19-20(27(19,4)5)21(32)24(34)35;/h10,13-14,19-20,28,30-33H,9,11-12,15-18,21-27H2,1-8H3,(H,42,51)(H,45,48)(H2,43,44,50);19-22H,7-18H2,1-6H3,(H,34,35)(H2,30,31,36);1H2/t28-,30-,31-,32-,33+;19-,20-,21-,22+;/m00./s1. The maximum Gasteiger partial charge on any atom is 0.336 e. The van der Waals surface area contributed by atoms with Crippen LogP contribution < -0.4 is 32.0 Å². The number of hydrazine groups is 1. The number of fused-ring (bicyclic) bond motifs is 2. The summed E-state index contributed by atoms with van der Waals surface area (Å²) in [6.07, 6.45) is 16.9. The molecular weight excluding hydrogens is 1260 g/mol. The fraction of sp³-hybridized carbons (Fsp3) is 0.814. The number of likely N-dealkylation sites (tertiary alicyclic amines) is 2. The lowest BCUT2D eigenvalue weighted by Crippen LogP contribution is -2.65. The Morgan fingerprint density at radius 3 is 1.29 bits per heavy atom. The highest BCUT2D eigenvalue weighted by atomic mass is 32.2. The number of hydrogen-bond acceptors (Lipinski definition) is 11. The van der Waals surface area contributed by atoms with E-state index in [4.69, 9.17) is 0 Å². The molecule has 2 aliphatic heterocycles. The molecule has 9 atom stereocenters. The molecule has 0 radical (unpaired) electrons. The van der Waals surface area contributed by atoms with Crippen molar-refractivity contribution < 1.29 is 55.5 Å². The first-order valence-corrected chi connectivity index (χ1v) is 38.4. The highest BCUT2D eigenvalue weighted by Gasteiger charge is 2.71. The highest BCUT2D eigenvalue weighted by molar-refractivity contribution is 7.93. The topological polar surface area (TPSA) is 290 Å². The first-order chi connectivity index (χ1) is 43.2. The summed E-state index contributed by atoms with van der Waals surface area (Å²) in [4.78, 5) is 100. The van der Waals surface area contributed by atoms with Gasteiger partial charge in [0, 0.05) is 25.6 Å². The lowest BCUT2D eigenvalue weighted by molar-refractivity contribution is -0.152. The van der Waals surface area contributed by atoms with E-state index in [1.807, 2.05) is 58.0 Å². The normalized spacial score (nSPS) is 27.0. The van der Waals surface area contributed by atoms with Crippen molar-refractivity contribution in [1.29, 1.82) is 0 Å². The van der Waals surface area contributed by atoms with E-state index in [2.05, 4.69) is 59.7 Å². The van der Waals surface area contributed by atoms with E-state index in [-0.39, 0.29) is 83.9 Å². The number of carbonyl (C=O) groups excluding carboxylic acids is 6. The Kier molecular flexibility index (Phi) is 23.5. The molecular formula is C70H117N9O12S3. The average Bonchev–Trinajstić information content (AvgIpc) is 1.53. The number of carboxylic acids is 1. The van der Waals surface area contributed by atoms with Gasteiger partial charge in [-0.1, -0.05) is 156 Å². The Balaban J connectivity index is 0.000000277. The van der Waals surface area contributed by atoms with E-state index in [0.717, 1.165) is 108 Å². The van der Waals surface area contributed by atoms with Crippen LogP contribution in [-0.4, -0.2) is 154 Å². The van der Waals surface area contributed by atoms with Gasteiger partial charge in [0.15, 0.2) is 19.7 Å². The number of hydrogen-bond donors (Lipinski definition) is 7. The van der Waals surface area contributed by atoms with Gasteiger partial charge in [-0.15, -0.1) is 0 Å². The van der Waals surface area contributed by atoms with Crippen molar-refractivity contribution >= 4 is 75.0 Å². The van der Waals surface area contributed by atoms with E-state index in [1.54, 1.807) is 46.4 Å². The van der Waals surface area contributed by atoms with Gasteiger partial charge in [-0.2, -0.15) is 13.5 Å². The van der Waals surface area contributed by atoms with Gasteiger partial charge < -0.3 is 41.5 Å². The van der Waals surface area contributed by atoms with Crippen LogP contribution in [0.25, 0.3) is 0 Å². The lowest BCUT2D eigenvalue weighted by Gasteiger charge is -2.44. The van der Waals surface area contributed by atoms with Crippen LogP contribution in [0.4, 0.5) is 14.4 Å². The quantitative estimate of drug-likeness (QED) is 0.0676. The van der Waals surface area contributed by atoms with Crippen molar-refractivity contribution in [3.63, 3.8) is 0 Å². The van der Waals surface area contributed by atoms with E-state index in [1.165, 1.54) is 9.91 Å². The molecule has 2 heterocycles. The van der Waals surface area contributed by atoms with E-state index >= 15 is 0 Å². The molecule has 24 heteroatoms.